The molecule has 0 aliphatic carbocycles. The van der Waals surface area contributed by atoms with Gasteiger partial charge >= 0.3 is 0 Å². The molecule has 0 unspecified atom stereocenters. The molecule has 1 fully saturated rings. The van der Waals surface area contributed by atoms with Crippen LogP contribution in [0.1, 0.15) is 24.5 Å². The minimum Gasteiger partial charge on any atom is -0.496 e. The maximum Gasteiger partial charge on any atom is 0.123 e. The molecule has 2 rings (SSSR count). The molecule has 4 heteroatoms. The van der Waals surface area contributed by atoms with Gasteiger partial charge in [-0.1, -0.05) is 6.92 Å². The average molecular weight is 259 g/mol. The lowest BCUT2D eigenvalue weighted by atomic mass is 10.1. The van der Waals surface area contributed by atoms with E-state index < -0.39 is 0 Å². The molecule has 1 aliphatic heterocycles. The number of nitriles is 1. The van der Waals surface area contributed by atoms with Gasteiger partial charge in [0.2, 0.25) is 0 Å². The van der Waals surface area contributed by atoms with E-state index in [1.807, 2.05) is 12.1 Å². The number of rotatable bonds is 6. The fraction of sp³-hybridized carbons (Fsp3) is 0.533. The van der Waals surface area contributed by atoms with E-state index in [1.54, 1.807) is 13.2 Å². The van der Waals surface area contributed by atoms with Crippen molar-refractivity contribution < 1.29 is 4.74 Å². The predicted octanol–water partition coefficient (Wildman–Crippen LogP) is 1.75. The topological polar surface area (TPSA) is 48.3 Å². The fourth-order valence-electron chi connectivity index (χ4n) is 2.40. The van der Waals surface area contributed by atoms with Crippen LogP contribution < -0.4 is 10.1 Å². The van der Waals surface area contributed by atoms with Gasteiger partial charge in [0.25, 0.3) is 0 Å². The van der Waals surface area contributed by atoms with Gasteiger partial charge in [-0.3, -0.25) is 4.90 Å². The summed E-state index contributed by atoms with van der Waals surface area (Å²) in [5, 5.41) is 12.3. The molecule has 1 N–H and O–H groups in total. The molecular formula is C15H21N3O. The van der Waals surface area contributed by atoms with Gasteiger partial charge in [-0.25, -0.2) is 0 Å². The van der Waals surface area contributed by atoms with Crippen LogP contribution in [-0.2, 0) is 6.54 Å². The number of methoxy groups -OCH3 is 1. The second kappa shape index (κ2) is 6.55. The van der Waals surface area contributed by atoms with Crippen LogP contribution in [0.15, 0.2) is 18.2 Å². The van der Waals surface area contributed by atoms with Gasteiger partial charge in [-0.05, 0) is 31.2 Å². The van der Waals surface area contributed by atoms with Gasteiger partial charge in [0, 0.05) is 31.2 Å². The predicted molar refractivity (Wildman–Crippen MR) is 75.1 cm³/mol. The number of hydrogen-bond acceptors (Lipinski definition) is 4. The van der Waals surface area contributed by atoms with Crippen LogP contribution >= 0.6 is 0 Å². The van der Waals surface area contributed by atoms with Crippen molar-refractivity contribution in [3.05, 3.63) is 29.3 Å². The number of ether oxygens (including phenoxy) is 1. The van der Waals surface area contributed by atoms with Gasteiger partial charge in [-0.2, -0.15) is 5.26 Å². The van der Waals surface area contributed by atoms with Crippen LogP contribution in [0.2, 0.25) is 0 Å². The van der Waals surface area contributed by atoms with Crippen molar-refractivity contribution in [2.24, 2.45) is 0 Å². The summed E-state index contributed by atoms with van der Waals surface area (Å²) in [6.45, 7) is 6.23. The quantitative estimate of drug-likeness (QED) is 0.845. The van der Waals surface area contributed by atoms with Gasteiger partial charge in [0.1, 0.15) is 5.75 Å². The van der Waals surface area contributed by atoms with Crippen LogP contribution in [0.25, 0.3) is 0 Å². The van der Waals surface area contributed by atoms with E-state index in [0.29, 0.717) is 11.6 Å². The van der Waals surface area contributed by atoms with E-state index in [9.17, 15) is 0 Å². The van der Waals surface area contributed by atoms with Crippen LogP contribution in [0.4, 0.5) is 0 Å². The Hall–Kier alpha value is -1.57. The Kier molecular flexibility index (Phi) is 4.78. The Morgan fingerprint density at radius 2 is 2.26 bits per heavy atom. The zero-order valence-electron chi connectivity index (χ0n) is 11.6. The lowest BCUT2D eigenvalue weighted by Crippen LogP contribution is -2.57. The van der Waals surface area contributed by atoms with E-state index in [0.717, 1.165) is 43.9 Å². The van der Waals surface area contributed by atoms with E-state index in [4.69, 9.17) is 10.00 Å². The Morgan fingerprint density at radius 3 is 2.79 bits per heavy atom. The molecule has 19 heavy (non-hydrogen) atoms. The Labute approximate surface area is 115 Å². The normalized spacial score (nSPS) is 15.1. The van der Waals surface area contributed by atoms with Crippen LogP contribution in [0.5, 0.6) is 5.75 Å². The summed E-state index contributed by atoms with van der Waals surface area (Å²) in [6.07, 6.45) is 1.14. The molecule has 0 spiro atoms. The van der Waals surface area contributed by atoms with E-state index in [-0.39, 0.29) is 0 Å². The number of nitrogens with zero attached hydrogens (tertiary/aromatic N) is 2. The second-order valence-corrected chi connectivity index (χ2v) is 4.92. The standard InChI is InChI=1S/C15H21N3O/c1-3-6-18(14-9-17-10-14)11-13-7-12(8-16)4-5-15(13)19-2/h4-5,7,14,17H,3,6,9-11H2,1-2H3. The second-order valence-electron chi connectivity index (χ2n) is 4.92. The molecule has 0 atom stereocenters. The highest BCUT2D eigenvalue weighted by Crippen LogP contribution is 2.23. The lowest BCUT2D eigenvalue weighted by Gasteiger charge is -2.38. The number of nitrogens with one attached hydrogen (secondary N) is 1. The van der Waals surface area contributed by atoms with Gasteiger partial charge in [0.15, 0.2) is 0 Å². The van der Waals surface area contributed by atoms with Gasteiger partial charge in [-0.15, -0.1) is 0 Å². The van der Waals surface area contributed by atoms with Gasteiger partial charge < -0.3 is 10.1 Å². The summed E-state index contributed by atoms with van der Waals surface area (Å²) >= 11 is 0. The van der Waals surface area contributed by atoms with Crippen LogP contribution in [-0.4, -0.2) is 37.7 Å². The van der Waals surface area contributed by atoms with E-state index >= 15 is 0 Å². The first-order valence-corrected chi connectivity index (χ1v) is 6.80. The molecule has 4 nitrogen and oxygen atoms in total. The third-order valence-electron chi connectivity index (χ3n) is 3.57. The van der Waals surface area contributed by atoms with Crippen molar-refractivity contribution >= 4 is 0 Å². The summed E-state index contributed by atoms with van der Waals surface area (Å²) < 4.78 is 5.40. The van der Waals surface area contributed by atoms with Crippen molar-refractivity contribution in [3.63, 3.8) is 0 Å². The SMILES string of the molecule is CCCN(Cc1cc(C#N)ccc1OC)C1CNC1. The minimum atomic E-state index is 0.607. The average Bonchev–Trinajstić information content (AvgIpc) is 2.37. The molecule has 1 saturated heterocycles. The van der Waals surface area contributed by atoms with Crippen LogP contribution in [0.3, 0.4) is 0 Å². The summed E-state index contributed by atoms with van der Waals surface area (Å²) in [4.78, 5) is 2.47. The summed E-state index contributed by atoms with van der Waals surface area (Å²) in [5.74, 6) is 0.868. The molecule has 0 aromatic heterocycles. The maximum atomic E-state index is 9.02. The first-order chi connectivity index (χ1) is 9.28. The lowest BCUT2D eigenvalue weighted by molar-refractivity contribution is 0.136. The third kappa shape index (κ3) is 3.25. The summed E-state index contributed by atoms with van der Waals surface area (Å²) in [7, 11) is 1.68. The summed E-state index contributed by atoms with van der Waals surface area (Å²) in [6, 6.07) is 8.43. The van der Waals surface area contributed by atoms with Crippen molar-refractivity contribution in [3.8, 4) is 11.8 Å². The van der Waals surface area contributed by atoms with Gasteiger partial charge in [0.05, 0.1) is 18.7 Å². The third-order valence-corrected chi connectivity index (χ3v) is 3.57. The molecule has 0 bridgehead atoms. The number of benzene rings is 1. The van der Waals surface area contributed by atoms with E-state index in [1.165, 1.54) is 0 Å². The zero-order chi connectivity index (χ0) is 13.7. The Morgan fingerprint density at radius 1 is 1.47 bits per heavy atom. The van der Waals surface area contributed by atoms with Crippen molar-refractivity contribution in [1.82, 2.24) is 10.2 Å². The van der Waals surface area contributed by atoms with Crippen molar-refractivity contribution in [2.75, 3.05) is 26.7 Å². The summed E-state index contributed by atoms with van der Waals surface area (Å²) in [5.41, 5.74) is 1.79. The molecule has 1 heterocycles. The highest BCUT2D eigenvalue weighted by Gasteiger charge is 2.24. The molecule has 102 valence electrons. The maximum absolute atomic E-state index is 9.02. The van der Waals surface area contributed by atoms with Crippen molar-refractivity contribution in [2.45, 2.75) is 25.9 Å². The van der Waals surface area contributed by atoms with E-state index in [2.05, 4.69) is 23.2 Å². The molecule has 0 amide bonds. The monoisotopic (exact) mass is 259 g/mol. The fourth-order valence-corrected chi connectivity index (χ4v) is 2.40. The number of hydrogen-bond donors (Lipinski definition) is 1. The largest absolute Gasteiger partial charge is 0.496 e. The molecular weight excluding hydrogens is 238 g/mol. The zero-order valence-corrected chi connectivity index (χ0v) is 11.6. The van der Waals surface area contributed by atoms with Crippen molar-refractivity contribution in [1.29, 1.82) is 5.26 Å². The molecule has 1 aliphatic rings. The Bertz CT molecular complexity index is 463. The molecule has 1 aromatic rings. The molecule has 1 aromatic carbocycles. The first-order valence-electron chi connectivity index (χ1n) is 6.80. The smallest absolute Gasteiger partial charge is 0.123 e. The highest BCUT2D eigenvalue weighted by molar-refractivity contribution is 5.42. The highest BCUT2D eigenvalue weighted by atomic mass is 16.5. The molecule has 0 saturated carbocycles. The van der Waals surface area contributed by atoms with Crippen LogP contribution in [0, 0.1) is 11.3 Å². The first kappa shape index (κ1) is 13.9. The minimum absolute atomic E-state index is 0.607. The molecule has 0 radical (unpaired) electrons. The Balaban J connectivity index is 2.16.